The van der Waals surface area contributed by atoms with Crippen molar-refractivity contribution < 1.29 is 14.3 Å². The molecule has 1 saturated carbocycles. The van der Waals surface area contributed by atoms with Crippen LogP contribution in [0.4, 0.5) is 0 Å². The molecule has 0 aliphatic heterocycles. The van der Waals surface area contributed by atoms with Crippen LogP contribution in [0, 0.1) is 11.8 Å². The summed E-state index contributed by atoms with van der Waals surface area (Å²) < 4.78 is 5.18. The summed E-state index contributed by atoms with van der Waals surface area (Å²) in [6, 6.07) is 0. The van der Waals surface area contributed by atoms with Gasteiger partial charge in [0.2, 0.25) is 0 Å². The van der Waals surface area contributed by atoms with Gasteiger partial charge in [-0.3, -0.25) is 9.59 Å². The van der Waals surface area contributed by atoms with Crippen LogP contribution >= 0.6 is 0 Å². The molecular weight excluding hydrogens is 228 g/mol. The largest absolute Gasteiger partial charge is 0.466 e. The maximum absolute atomic E-state index is 11.8. The zero-order chi connectivity index (χ0) is 13.4. The Kier molecular flexibility index (Phi) is 6.99. The number of unbranched alkanes of at least 4 members (excludes halogenated alkanes) is 2. The first kappa shape index (κ1) is 15.2. The van der Waals surface area contributed by atoms with Gasteiger partial charge in [-0.15, -0.1) is 0 Å². The first-order chi connectivity index (χ1) is 8.69. The van der Waals surface area contributed by atoms with E-state index in [1.165, 1.54) is 0 Å². The van der Waals surface area contributed by atoms with Crippen LogP contribution in [0.15, 0.2) is 0 Å². The van der Waals surface area contributed by atoms with Crippen LogP contribution in [-0.2, 0) is 14.3 Å². The highest BCUT2D eigenvalue weighted by Gasteiger charge is 2.35. The van der Waals surface area contributed by atoms with Gasteiger partial charge in [0, 0.05) is 18.8 Å². The number of hydrogen-bond donors (Lipinski definition) is 0. The topological polar surface area (TPSA) is 43.4 Å². The summed E-state index contributed by atoms with van der Waals surface area (Å²) >= 11 is 0. The van der Waals surface area contributed by atoms with E-state index < -0.39 is 0 Å². The monoisotopic (exact) mass is 254 g/mol. The van der Waals surface area contributed by atoms with Gasteiger partial charge >= 0.3 is 5.97 Å². The molecule has 2 atom stereocenters. The number of carbonyl (C=O) groups excluding carboxylic acids is 2. The lowest BCUT2D eigenvalue weighted by molar-refractivity contribution is -0.145. The first-order valence-corrected chi connectivity index (χ1v) is 7.37. The number of carbonyl (C=O) groups is 2. The quantitative estimate of drug-likeness (QED) is 0.492. The molecule has 0 aromatic carbocycles. The molecule has 104 valence electrons. The standard InChI is InChI=1S/C15H26O3/c1-3-5-7-13-12(8-9-14(13)16)11-15(17)18-10-6-4-2/h12-13H,3-11H2,1-2H3. The maximum atomic E-state index is 11.8. The summed E-state index contributed by atoms with van der Waals surface area (Å²) in [6.45, 7) is 4.73. The van der Waals surface area contributed by atoms with E-state index in [0.717, 1.165) is 38.5 Å². The number of esters is 1. The molecule has 1 fully saturated rings. The van der Waals surface area contributed by atoms with Crippen molar-refractivity contribution in [1.29, 1.82) is 0 Å². The fourth-order valence-electron chi connectivity index (χ4n) is 2.65. The van der Waals surface area contributed by atoms with E-state index in [2.05, 4.69) is 13.8 Å². The van der Waals surface area contributed by atoms with E-state index in [1.54, 1.807) is 0 Å². The molecule has 3 nitrogen and oxygen atoms in total. The third kappa shape index (κ3) is 4.79. The molecule has 3 heteroatoms. The SMILES string of the molecule is CCCCOC(=O)CC1CCC(=O)C1CCCC. The number of ether oxygens (including phenoxy) is 1. The van der Waals surface area contributed by atoms with Gasteiger partial charge in [-0.1, -0.05) is 33.1 Å². The minimum absolute atomic E-state index is 0.115. The summed E-state index contributed by atoms with van der Waals surface area (Å²) in [7, 11) is 0. The second-order valence-corrected chi connectivity index (χ2v) is 5.29. The third-order valence-electron chi connectivity index (χ3n) is 3.80. The Balaban J connectivity index is 2.34. The molecule has 2 unspecified atom stereocenters. The van der Waals surface area contributed by atoms with Crippen LogP contribution in [0.2, 0.25) is 0 Å². The predicted molar refractivity (Wildman–Crippen MR) is 71.2 cm³/mol. The molecule has 1 rings (SSSR count). The van der Waals surface area contributed by atoms with Crippen LogP contribution < -0.4 is 0 Å². The van der Waals surface area contributed by atoms with Gasteiger partial charge in [0.25, 0.3) is 0 Å². The number of rotatable bonds is 8. The highest BCUT2D eigenvalue weighted by Crippen LogP contribution is 2.35. The fraction of sp³-hybridized carbons (Fsp3) is 0.867. The molecule has 18 heavy (non-hydrogen) atoms. The maximum Gasteiger partial charge on any atom is 0.306 e. The van der Waals surface area contributed by atoms with Gasteiger partial charge in [-0.25, -0.2) is 0 Å². The zero-order valence-corrected chi connectivity index (χ0v) is 11.7. The van der Waals surface area contributed by atoms with E-state index >= 15 is 0 Å². The van der Waals surface area contributed by atoms with Crippen molar-refractivity contribution in [2.24, 2.45) is 11.8 Å². The molecule has 1 aliphatic carbocycles. The third-order valence-corrected chi connectivity index (χ3v) is 3.80. The average Bonchev–Trinajstić information content (AvgIpc) is 2.68. The lowest BCUT2D eigenvalue weighted by Gasteiger charge is -2.17. The Morgan fingerprint density at radius 2 is 2.00 bits per heavy atom. The fourth-order valence-corrected chi connectivity index (χ4v) is 2.65. The lowest BCUT2D eigenvalue weighted by atomic mass is 9.88. The van der Waals surface area contributed by atoms with Crippen molar-refractivity contribution in [1.82, 2.24) is 0 Å². The number of ketones is 1. The van der Waals surface area contributed by atoms with E-state index in [0.29, 0.717) is 25.2 Å². The van der Waals surface area contributed by atoms with Crippen LogP contribution in [0.1, 0.15) is 65.2 Å². The molecule has 0 aromatic rings. The van der Waals surface area contributed by atoms with Crippen molar-refractivity contribution in [2.75, 3.05) is 6.61 Å². The second kappa shape index (κ2) is 8.28. The van der Waals surface area contributed by atoms with E-state index in [-0.39, 0.29) is 17.8 Å². The van der Waals surface area contributed by atoms with Crippen LogP contribution in [0.25, 0.3) is 0 Å². The molecule has 0 heterocycles. The predicted octanol–water partition coefficient (Wildman–Crippen LogP) is 3.51. The minimum atomic E-state index is -0.121. The summed E-state index contributed by atoms with van der Waals surface area (Å²) in [6.07, 6.45) is 7.06. The Hall–Kier alpha value is -0.860. The van der Waals surface area contributed by atoms with Gasteiger partial charge in [-0.2, -0.15) is 0 Å². The molecule has 0 aromatic heterocycles. The molecule has 0 N–H and O–H groups in total. The Labute approximate surface area is 110 Å². The molecule has 1 aliphatic rings. The van der Waals surface area contributed by atoms with Crippen LogP contribution in [0.5, 0.6) is 0 Å². The number of hydrogen-bond acceptors (Lipinski definition) is 3. The van der Waals surface area contributed by atoms with Crippen molar-refractivity contribution in [2.45, 2.75) is 65.2 Å². The number of Topliss-reactive ketones (excluding diaryl/α,β-unsaturated/α-hetero) is 1. The average molecular weight is 254 g/mol. The van der Waals surface area contributed by atoms with Gasteiger partial charge in [0.15, 0.2) is 0 Å². The van der Waals surface area contributed by atoms with E-state index in [1.807, 2.05) is 0 Å². The van der Waals surface area contributed by atoms with Crippen molar-refractivity contribution in [3.63, 3.8) is 0 Å². The Morgan fingerprint density at radius 1 is 1.28 bits per heavy atom. The van der Waals surface area contributed by atoms with Gasteiger partial charge in [-0.05, 0) is 25.2 Å². The van der Waals surface area contributed by atoms with Crippen LogP contribution in [-0.4, -0.2) is 18.4 Å². The van der Waals surface area contributed by atoms with Gasteiger partial charge in [0.1, 0.15) is 5.78 Å². The Morgan fingerprint density at radius 3 is 2.67 bits per heavy atom. The highest BCUT2D eigenvalue weighted by atomic mass is 16.5. The zero-order valence-electron chi connectivity index (χ0n) is 11.7. The molecule has 0 amide bonds. The highest BCUT2D eigenvalue weighted by molar-refractivity contribution is 5.84. The molecular formula is C15H26O3. The van der Waals surface area contributed by atoms with Crippen LogP contribution in [0.3, 0.4) is 0 Å². The van der Waals surface area contributed by atoms with Crippen molar-refractivity contribution >= 4 is 11.8 Å². The minimum Gasteiger partial charge on any atom is -0.466 e. The second-order valence-electron chi connectivity index (χ2n) is 5.29. The summed E-state index contributed by atoms with van der Waals surface area (Å²) in [5, 5.41) is 0. The molecule has 0 bridgehead atoms. The van der Waals surface area contributed by atoms with Crippen molar-refractivity contribution in [3.8, 4) is 0 Å². The lowest BCUT2D eigenvalue weighted by Crippen LogP contribution is -2.19. The summed E-state index contributed by atoms with van der Waals surface area (Å²) in [4.78, 5) is 23.4. The van der Waals surface area contributed by atoms with E-state index in [4.69, 9.17) is 4.74 Å². The normalized spacial score (nSPS) is 23.3. The molecule has 0 spiro atoms. The van der Waals surface area contributed by atoms with Gasteiger partial charge in [0.05, 0.1) is 6.61 Å². The first-order valence-electron chi connectivity index (χ1n) is 7.37. The van der Waals surface area contributed by atoms with Gasteiger partial charge < -0.3 is 4.74 Å². The van der Waals surface area contributed by atoms with E-state index in [9.17, 15) is 9.59 Å². The smallest absolute Gasteiger partial charge is 0.306 e. The van der Waals surface area contributed by atoms with Crippen molar-refractivity contribution in [3.05, 3.63) is 0 Å². The molecule has 0 saturated heterocycles. The Bertz CT molecular complexity index is 273. The molecule has 0 radical (unpaired) electrons. The summed E-state index contributed by atoms with van der Waals surface area (Å²) in [5.74, 6) is 0.585. The summed E-state index contributed by atoms with van der Waals surface area (Å²) in [5.41, 5.74) is 0.